The Morgan fingerprint density at radius 2 is 1.68 bits per heavy atom. The fourth-order valence-electron chi connectivity index (χ4n) is 10.5. The van der Waals surface area contributed by atoms with Gasteiger partial charge in [0.15, 0.2) is 0 Å². The van der Waals surface area contributed by atoms with Crippen LogP contribution in [0.4, 0.5) is 0 Å². The summed E-state index contributed by atoms with van der Waals surface area (Å²) in [5.41, 5.74) is 1.60. The molecule has 0 spiro atoms. The number of carbonyl (C=O) groups excluding carboxylic acids is 1. The van der Waals surface area contributed by atoms with Crippen molar-refractivity contribution in [1.82, 2.24) is 0 Å². The Balaban J connectivity index is 1.17. The van der Waals surface area contributed by atoms with Crippen molar-refractivity contribution in [3.8, 4) is 5.75 Å². The molecule has 0 aromatic heterocycles. The number of hydrogen-bond acceptors (Lipinski definition) is 3. The zero-order valence-electron chi connectivity index (χ0n) is 26.8. The normalized spacial score (nSPS) is 37.0. The maximum atomic E-state index is 13.0. The van der Waals surface area contributed by atoms with E-state index in [-0.39, 0.29) is 12.1 Å². The summed E-state index contributed by atoms with van der Waals surface area (Å²) in [6, 6.07) is 7.41. The molecule has 5 rings (SSSR count). The van der Waals surface area contributed by atoms with Gasteiger partial charge in [0.2, 0.25) is 0 Å². The van der Waals surface area contributed by atoms with Crippen LogP contribution >= 0.6 is 0 Å². The summed E-state index contributed by atoms with van der Waals surface area (Å²) in [4.78, 5) is 13.0. The monoisotopic (exact) mass is 562 g/mol. The highest BCUT2D eigenvalue weighted by atomic mass is 16.5. The molecule has 0 saturated heterocycles. The molecule has 9 atom stereocenters. The Kier molecular flexibility index (Phi) is 9.61. The van der Waals surface area contributed by atoms with Crippen LogP contribution in [-0.2, 0) is 4.74 Å². The lowest BCUT2D eigenvalue weighted by molar-refractivity contribution is -0.130. The number of benzene rings is 1. The molecule has 0 aliphatic heterocycles. The Labute approximate surface area is 251 Å². The first-order valence-electron chi connectivity index (χ1n) is 17.2. The van der Waals surface area contributed by atoms with Crippen molar-refractivity contribution < 1.29 is 14.3 Å². The van der Waals surface area contributed by atoms with Gasteiger partial charge in [0.1, 0.15) is 11.9 Å². The summed E-state index contributed by atoms with van der Waals surface area (Å²) in [7, 11) is 0. The average Bonchev–Trinajstić information content (AvgIpc) is 3.31. The van der Waals surface area contributed by atoms with Gasteiger partial charge in [-0.3, -0.25) is 0 Å². The van der Waals surface area contributed by atoms with E-state index in [9.17, 15) is 4.79 Å². The van der Waals surface area contributed by atoms with Gasteiger partial charge in [0.25, 0.3) is 0 Å². The van der Waals surface area contributed by atoms with E-state index < -0.39 is 0 Å². The number of hydrogen-bond donors (Lipinski definition) is 0. The van der Waals surface area contributed by atoms with Crippen molar-refractivity contribution in [2.75, 3.05) is 6.61 Å². The quantitative estimate of drug-likeness (QED) is 0.153. The van der Waals surface area contributed by atoms with Crippen molar-refractivity contribution in [3.05, 3.63) is 42.5 Å². The molecule has 4 aliphatic rings. The molecule has 0 amide bonds. The summed E-state index contributed by atoms with van der Waals surface area (Å²) in [6.07, 6.45) is 18.7. The molecule has 0 bridgehead atoms. The van der Waals surface area contributed by atoms with Crippen LogP contribution in [0.1, 0.15) is 128 Å². The van der Waals surface area contributed by atoms with Gasteiger partial charge in [-0.05, 0) is 141 Å². The van der Waals surface area contributed by atoms with Crippen molar-refractivity contribution in [1.29, 1.82) is 0 Å². The van der Waals surface area contributed by atoms with E-state index in [1.807, 2.05) is 30.3 Å². The highest BCUT2D eigenvalue weighted by Crippen LogP contribution is 2.68. The van der Waals surface area contributed by atoms with Gasteiger partial charge in [0.05, 0.1) is 12.2 Å². The van der Waals surface area contributed by atoms with Crippen molar-refractivity contribution >= 4 is 5.97 Å². The molecular weight excluding hydrogens is 504 g/mol. The molecule has 228 valence electrons. The van der Waals surface area contributed by atoms with Crippen LogP contribution in [0.2, 0.25) is 0 Å². The van der Waals surface area contributed by atoms with E-state index in [0.29, 0.717) is 28.9 Å². The van der Waals surface area contributed by atoms with Crippen LogP contribution < -0.4 is 4.74 Å². The highest BCUT2D eigenvalue weighted by molar-refractivity contribution is 5.89. The van der Waals surface area contributed by atoms with Gasteiger partial charge >= 0.3 is 5.97 Å². The zero-order chi connectivity index (χ0) is 29.2. The van der Waals surface area contributed by atoms with Crippen LogP contribution in [0.3, 0.4) is 0 Å². The maximum Gasteiger partial charge on any atom is 0.338 e. The van der Waals surface area contributed by atoms with Gasteiger partial charge in [-0.25, -0.2) is 4.79 Å². The first kappa shape index (κ1) is 30.7. The molecular formula is C38H58O3. The van der Waals surface area contributed by atoms with Crippen LogP contribution in [0, 0.1) is 52.3 Å². The first-order valence-corrected chi connectivity index (χ1v) is 17.2. The van der Waals surface area contributed by atoms with Gasteiger partial charge in [-0.15, -0.1) is 6.58 Å². The Morgan fingerprint density at radius 3 is 2.41 bits per heavy atom. The maximum absolute atomic E-state index is 13.0. The predicted molar refractivity (Wildman–Crippen MR) is 169 cm³/mol. The minimum Gasteiger partial charge on any atom is -0.493 e. The van der Waals surface area contributed by atoms with Crippen molar-refractivity contribution in [2.24, 2.45) is 52.3 Å². The summed E-state index contributed by atoms with van der Waals surface area (Å²) in [6.45, 7) is 17.0. The largest absolute Gasteiger partial charge is 0.493 e. The number of carbonyl (C=O) groups is 1. The highest BCUT2D eigenvalue weighted by Gasteiger charge is 2.60. The van der Waals surface area contributed by atoms with Crippen LogP contribution in [0.5, 0.6) is 5.75 Å². The summed E-state index contributed by atoms with van der Waals surface area (Å²) >= 11 is 0. The number of esters is 1. The topological polar surface area (TPSA) is 35.5 Å². The first-order chi connectivity index (χ1) is 19.7. The summed E-state index contributed by atoms with van der Waals surface area (Å²) in [5, 5.41) is 0. The van der Waals surface area contributed by atoms with Crippen molar-refractivity contribution in [2.45, 2.75) is 124 Å². The third-order valence-corrected chi connectivity index (χ3v) is 12.8. The van der Waals surface area contributed by atoms with E-state index in [2.05, 4.69) is 41.2 Å². The smallest absolute Gasteiger partial charge is 0.338 e. The number of ether oxygens (including phenoxy) is 2. The van der Waals surface area contributed by atoms with E-state index in [1.54, 1.807) is 0 Å². The summed E-state index contributed by atoms with van der Waals surface area (Å²) < 4.78 is 11.8. The van der Waals surface area contributed by atoms with Crippen LogP contribution in [-0.4, -0.2) is 18.7 Å². The van der Waals surface area contributed by atoms with E-state index in [1.165, 1.54) is 64.2 Å². The van der Waals surface area contributed by atoms with Crippen molar-refractivity contribution in [3.63, 3.8) is 0 Å². The molecule has 4 saturated carbocycles. The molecule has 3 nitrogen and oxygen atoms in total. The van der Waals surface area contributed by atoms with Crippen LogP contribution in [0.15, 0.2) is 36.9 Å². The average molecular weight is 563 g/mol. The third kappa shape index (κ3) is 6.30. The van der Waals surface area contributed by atoms with E-state index >= 15 is 0 Å². The molecule has 0 N–H and O–H groups in total. The van der Waals surface area contributed by atoms with E-state index in [4.69, 9.17) is 9.47 Å². The van der Waals surface area contributed by atoms with Gasteiger partial charge in [0, 0.05) is 0 Å². The Bertz CT molecular complexity index is 1030. The molecule has 41 heavy (non-hydrogen) atoms. The standard InChI is InChI=1S/C38H58O3/c1-7-8-24-40-30-15-12-28(13-16-30)36(39)41-31-20-22-37(5)29(25-31)14-17-32-34-19-18-33(27(4)11-9-10-26(2)3)38(34,6)23-21-35(32)37/h7,12-13,15-16,26-27,29,31-35H,1,8-11,14,17-25H2,2-6H3/t27-,29+,31-,32+,33-,34+,35+,37+,38-/m1/s1. The molecule has 4 fully saturated rings. The SMILES string of the molecule is C=CCCOc1ccc(C(=O)O[C@@H]2CC[C@@]3(C)[C@@H](CC[C@@H]4[C@@H]3CC[C@]3(C)[C@@H]([C@H](C)CCCC(C)C)CC[C@@H]43)C2)cc1. The third-order valence-electron chi connectivity index (χ3n) is 12.8. The fourth-order valence-corrected chi connectivity index (χ4v) is 10.5. The second kappa shape index (κ2) is 12.8. The van der Waals surface area contributed by atoms with Gasteiger partial charge in [-0.2, -0.15) is 0 Å². The minimum absolute atomic E-state index is 0.0528. The molecule has 1 aromatic rings. The number of fused-ring (bicyclic) bond motifs is 5. The molecule has 0 heterocycles. The lowest BCUT2D eigenvalue weighted by Gasteiger charge is -2.61. The van der Waals surface area contributed by atoms with Gasteiger partial charge < -0.3 is 9.47 Å². The zero-order valence-corrected chi connectivity index (χ0v) is 26.8. The van der Waals surface area contributed by atoms with Crippen LogP contribution in [0.25, 0.3) is 0 Å². The molecule has 1 aromatic carbocycles. The molecule has 3 heteroatoms. The molecule has 0 unspecified atom stereocenters. The second-order valence-electron chi connectivity index (χ2n) is 15.4. The lowest BCUT2D eigenvalue weighted by atomic mass is 9.44. The van der Waals surface area contributed by atoms with Gasteiger partial charge in [-0.1, -0.05) is 60.0 Å². The Hall–Kier alpha value is -1.77. The predicted octanol–water partition coefficient (Wildman–Crippen LogP) is 10.3. The van der Waals surface area contributed by atoms with E-state index in [0.717, 1.165) is 60.5 Å². The fraction of sp³-hybridized carbons (Fsp3) is 0.763. The Morgan fingerprint density at radius 1 is 0.951 bits per heavy atom. The lowest BCUT2D eigenvalue weighted by Crippen LogP contribution is -2.54. The number of rotatable bonds is 11. The molecule has 4 aliphatic carbocycles. The minimum atomic E-state index is -0.183. The second-order valence-corrected chi connectivity index (χ2v) is 15.4. The molecule has 0 radical (unpaired) electrons. The summed E-state index contributed by atoms with van der Waals surface area (Å²) in [5.74, 6) is 6.62.